The number of carbonyl (C=O) groups is 1. The van der Waals surface area contributed by atoms with Crippen molar-refractivity contribution >= 4 is 5.78 Å². The third-order valence-corrected chi connectivity index (χ3v) is 1.55. The molecule has 0 spiro atoms. The standard InChI is InChI=1S/C9H12O3/c1-7(10)5-9-8(6-11-2)3-4-12-9/h3-4H,5-6H2,1-2H3. The van der Waals surface area contributed by atoms with Gasteiger partial charge in [0.2, 0.25) is 0 Å². The van der Waals surface area contributed by atoms with Gasteiger partial charge in [-0.25, -0.2) is 0 Å². The van der Waals surface area contributed by atoms with Crippen LogP contribution in [0.25, 0.3) is 0 Å². The molecule has 1 rings (SSSR count). The van der Waals surface area contributed by atoms with Gasteiger partial charge < -0.3 is 9.15 Å². The lowest BCUT2D eigenvalue weighted by atomic mass is 10.2. The van der Waals surface area contributed by atoms with Crippen molar-refractivity contribution in [2.24, 2.45) is 0 Å². The molecule has 0 radical (unpaired) electrons. The van der Waals surface area contributed by atoms with Crippen LogP contribution in [0.2, 0.25) is 0 Å². The van der Waals surface area contributed by atoms with E-state index in [9.17, 15) is 4.79 Å². The summed E-state index contributed by atoms with van der Waals surface area (Å²) in [6, 6.07) is 1.82. The van der Waals surface area contributed by atoms with Crippen molar-refractivity contribution in [1.82, 2.24) is 0 Å². The zero-order valence-electron chi connectivity index (χ0n) is 7.29. The molecular formula is C9H12O3. The Morgan fingerprint density at radius 1 is 1.67 bits per heavy atom. The third-order valence-electron chi connectivity index (χ3n) is 1.55. The normalized spacial score (nSPS) is 10.2. The van der Waals surface area contributed by atoms with E-state index in [0.717, 1.165) is 5.56 Å². The van der Waals surface area contributed by atoms with Crippen LogP contribution in [0.5, 0.6) is 0 Å². The molecule has 1 heterocycles. The average molecular weight is 168 g/mol. The molecule has 0 aliphatic rings. The van der Waals surface area contributed by atoms with Gasteiger partial charge in [-0.2, -0.15) is 0 Å². The number of rotatable bonds is 4. The Hall–Kier alpha value is -1.09. The Kier molecular flexibility index (Phi) is 3.05. The van der Waals surface area contributed by atoms with Crippen LogP contribution in [0.3, 0.4) is 0 Å². The number of Topliss-reactive ketones (excluding diaryl/α,β-unsaturated/α-hetero) is 1. The molecule has 12 heavy (non-hydrogen) atoms. The van der Waals surface area contributed by atoms with E-state index in [1.807, 2.05) is 6.07 Å². The van der Waals surface area contributed by atoms with Gasteiger partial charge in [0.15, 0.2) is 0 Å². The summed E-state index contributed by atoms with van der Waals surface area (Å²) < 4.78 is 10.1. The van der Waals surface area contributed by atoms with E-state index >= 15 is 0 Å². The summed E-state index contributed by atoms with van der Waals surface area (Å²) in [5, 5.41) is 0. The Labute approximate surface area is 71.3 Å². The number of furan rings is 1. The van der Waals surface area contributed by atoms with Crippen molar-refractivity contribution in [3.8, 4) is 0 Å². The summed E-state index contributed by atoms with van der Waals surface area (Å²) in [6.07, 6.45) is 1.93. The summed E-state index contributed by atoms with van der Waals surface area (Å²) in [5.41, 5.74) is 0.952. The van der Waals surface area contributed by atoms with E-state index in [4.69, 9.17) is 9.15 Å². The van der Waals surface area contributed by atoms with Crippen molar-refractivity contribution in [3.63, 3.8) is 0 Å². The second kappa shape index (κ2) is 4.07. The van der Waals surface area contributed by atoms with Crippen LogP contribution in [-0.4, -0.2) is 12.9 Å². The van der Waals surface area contributed by atoms with Gasteiger partial charge in [0.25, 0.3) is 0 Å². The van der Waals surface area contributed by atoms with Crippen molar-refractivity contribution in [2.45, 2.75) is 20.0 Å². The molecule has 66 valence electrons. The second-order valence-electron chi connectivity index (χ2n) is 2.68. The van der Waals surface area contributed by atoms with Crippen molar-refractivity contribution in [2.75, 3.05) is 7.11 Å². The summed E-state index contributed by atoms with van der Waals surface area (Å²) >= 11 is 0. The van der Waals surface area contributed by atoms with Gasteiger partial charge in [0.05, 0.1) is 19.3 Å². The van der Waals surface area contributed by atoms with Crippen molar-refractivity contribution < 1.29 is 13.9 Å². The van der Waals surface area contributed by atoms with E-state index in [2.05, 4.69) is 0 Å². The Bertz CT molecular complexity index is 262. The lowest BCUT2D eigenvalue weighted by Gasteiger charge is -1.97. The SMILES string of the molecule is COCc1ccoc1CC(C)=O. The molecule has 0 aliphatic heterocycles. The first-order chi connectivity index (χ1) is 5.74. The Morgan fingerprint density at radius 3 is 3.00 bits per heavy atom. The fourth-order valence-electron chi connectivity index (χ4n) is 1.03. The smallest absolute Gasteiger partial charge is 0.137 e. The molecule has 1 aromatic heterocycles. The second-order valence-corrected chi connectivity index (χ2v) is 2.68. The summed E-state index contributed by atoms with van der Waals surface area (Å²) in [6.45, 7) is 2.04. The maximum atomic E-state index is 10.8. The van der Waals surface area contributed by atoms with Gasteiger partial charge in [0, 0.05) is 12.7 Å². The van der Waals surface area contributed by atoms with Crippen LogP contribution in [0.1, 0.15) is 18.2 Å². The fraction of sp³-hybridized carbons (Fsp3) is 0.444. The Balaban J connectivity index is 2.69. The monoisotopic (exact) mass is 168 g/mol. The minimum atomic E-state index is 0.0994. The average Bonchev–Trinajstić information content (AvgIpc) is 2.37. The molecule has 3 nitrogen and oxygen atoms in total. The van der Waals surface area contributed by atoms with Gasteiger partial charge in [-0.1, -0.05) is 0 Å². The molecule has 3 heteroatoms. The van der Waals surface area contributed by atoms with Crippen LogP contribution in [0.15, 0.2) is 16.7 Å². The molecule has 1 aromatic rings. The number of hydrogen-bond donors (Lipinski definition) is 0. The van der Waals surface area contributed by atoms with E-state index in [0.29, 0.717) is 18.8 Å². The van der Waals surface area contributed by atoms with Gasteiger partial charge in [-0.3, -0.25) is 4.79 Å². The predicted molar refractivity (Wildman–Crippen MR) is 43.8 cm³/mol. The van der Waals surface area contributed by atoms with Crippen LogP contribution < -0.4 is 0 Å². The minimum absolute atomic E-state index is 0.0994. The molecule has 0 aliphatic carbocycles. The molecule has 0 saturated heterocycles. The van der Waals surface area contributed by atoms with Gasteiger partial charge in [-0.15, -0.1) is 0 Å². The number of methoxy groups -OCH3 is 1. The highest BCUT2D eigenvalue weighted by molar-refractivity contribution is 5.77. The Morgan fingerprint density at radius 2 is 2.42 bits per heavy atom. The maximum Gasteiger partial charge on any atom is 0.137 e. The molecule has 0 aromatic carbocycles. The topological polar surface area (TPSA) is 39.4 Å². The number of carbonyl (C=O) groups excluding carboxylic acids is 1. The molecule has 0 unspecified atom stereocenters. The van der Waals surface area contributed by atoms with E-state index in [1.165, 1.54) is 0 Å². The minimum Gasteiger partial charge on any atom is -0.469 e. The third kappa shape index (κ3) is 2.20. The lowest BCUT2D eigenvalue weighted by Crippen LogP contribution is -1.98. The quantitative estimate of drug-likeness (QED) is 0.684. The van der Waals surface area contributed by atoms with Gasteiger partial charge in [0.1, 0.15) is 11.5 Å². The summed E-state index contributed by atoms with van der Waals surface area (Å²) in [5.74, 6) is 0.812. The van der Waals surface area contributed by atoms with E-state index in [1.54, 1.807) is 20.3 Å². The van der Waals surface area contributed by atoms with Crippen LogP contribution >= 0.6 is 0 Å². The van der Waals surface area contributed by atoms with Crippen molar-refractivity contribution in [1.29, 1.82) is 0 Å². The predicted octanol–water partition coefficient (Wildman–Crippen LogP) is 1.56. The lowest BCUT2D eigenvalue weighted by molar-refractivity contribution is -0.116. The molecule has 0 fully saturated rings. The highest BCUT2D eigenvalue weighted by Crippen LogP contribution is 2.12. The first kappa shape index (κ1) is 9.00. The highest BCUT2D eigenvalue weighted by Gasteiger charge is 2.07. The van der Waals surface area contributed by atoms with Gasteiger partial charge in [-0.05, 0) is 13.0 Å². The fourth-order valence-corrected chi connectivity index (χ4v) is 1.03. The molecule has 0 saturated carbocycles. The first-order valence-electron chi connectivity index (χ1n) is 3.77. The first-order valence-corrected chi connectivity index (χ1v) is 3.77. The molecule has 0 N–H and O–H groups in total. The van der Waals surface area contributed by atoms with Gasteiger partial charge >= 0.3 is 0 Å². The number of ether oxygens (including phenoxy) is 1. The van der Waals surface area contributed by atoms with Crippen LogP contribution in [0.4, 0.5) is 0 Å². The zero-order chi connectivity index (χ0) is 8.97. The molecule has 0 atom stereocenters. The highest BCUT2D eigenvalue weighted by atomic mass is 16.5. The van der Waals surface area contributed by atoms with E-state index < -0.39 is 0 Å². The molecular weight excluding hydrogens is 156 g/mol. The van der Waals surface area contributed by atoms with E-state index in [-0.39, 0.29) is 5.78 Å². The van der Waals surface area contributed by atoms with Crippen molar-refractivity contribution in [3.05, 3.63) is 23.7 Å². The van der Waals surface area contributed by atoms with Crippen LogP contribution in [0, 0.1) is 0 Å². The maximum absolute atomic E-state index is 10.8. The summed E-state index contributed by atoms with van der Waals surface area (Å²) in [7, 11) is 1.62. The number of ketones is 1. The molecule has 0 bridgehead atoms. The molecule has 0 amide bonds. The summed E-state index contributed by atoms with van der Waals surface area (Å²) in [4.78, 5) is 10.8. The zero-order valence-corrected chi connectivity index (χ0v) is 7.29. The largest absolute Gasteiger partial charge is 0.469 e. The van der Waals surface area contributed by atoms with Crippen LogP contribution in [-0.2, 0) is 22.6 Å². The number of hydrogen-bond acceptors (Lipinski definition) is 3.